The normalized spacial score (nSPS) is 23.5. The van der Waals surface area contributed by atoms with Gasteiger partial charge in [-0.15, -0.1) is 0 Å². The maximum Gasteiger partial charge on any atom is 0.335 e. The van der Waals surface area contributed by atoms with E-state index in [2.05, 4.69) is 0 Å². The number of carbonyl (C=O) groups is 1. The lowest BCUT2D eigenvalue weighted by Crippen LogP contribution is -2.04. The molecule has 1 fully saturated rings. The zero-order chi connectivity index (χ0) is 11.0. The standard InChI is InChI=1S/C9H7NO5/c11-9(12)8-7(15-8)5-2-1-3-6(4-5)10(13)14/h1-4,7-8H,(H,11,12). The molecule has 1 aliphatic heterocycles. The number of hydrogen-bond donors (Lipinski definition) is 1. The van der Waals surface area contributed by atoms with Crippen LogP contribution in [0, 0.1) is 10.1 Å². The molecule has 2 atom stereocenters. The number of non-ortho nitro benzene ring substituents is 1. The van der Waals surface area contributed by atoms with E-state index in [1.54, 1.807) is 6.07 Å². The first kappa shape index (κ1) is 9.60. The van der Waals surface area contributed by atoms with Crippen LogP contribution in [0.1, 0.15) is 11.7 Å². The van der Waals surface area contributed by atoms with Crippen LogP contribution >= 0.6 is 0 Å². The van der Waals surface area contributed by atoms with Gasteiger partial charge >= 0.3 is 5.97 Å². The molecular formula is C9H7NO5. The van der Waals surface area contributed by atoms with Gasteiger partial charge in [0.25, 0.3) is 5.69 Å². The number of nitrogens with zero attached hydrogens (tertiary/aromatic N) is 1. The number of benzene rings is 1. The van der Waals surface area contributed by atoms with Crippen LogP contribution in [-0.4, -0.2) is 22.1 Å². The van der Waals surface area contributed by atoms with Crippen molar-refractivity contribution in [2.75, 3.05) is 0 Å². The molecule has 6 heteroatoms. The molecule has 1 saturated heterocycles. The Hall–Kier alpha value is -1.95. The third-order valence-corrected chi connectivity index (χ3v) is 2.14. The van der Waals surface area contributed by atoms with E-state index >= 15 is 0 Å². The second-order valence-electron chi connectivity index (χ2n) is 3.17. The van der Waals surface area contributed by atoms with Crippen molar-refractivity contribution in [3.63, 3.8) is 0 Å². The first-order valence-corrected chi connectivity index (χ1v) is 4.22. The molecule has 0 aromatic heterocycles. The second kappa shape index (κ2) is 3.32. The van der Waals surface area contributed by atoms with E-state index in [0.29, 0.717) is 5.56 Å². The highest BCUT2D eigenvalue weighted by molar-refractivity contribution is 5.76. The maximum absolute atomic E-state index is 10.5. The number of epoxide rings is 1. The van der Waals surface area contributed by atoms with Crippen molar-refractivity contribution in [1.29, 1.82) is 0 Å². The quantitative estimate of drug-likeness (QED) is 0.457. The highest BCUT2D eigenvalue weighted by Crippen LogP contribution is 2.39. The third kappa shape index (κ3) is 1.79. The molecule has 78 valence electrons. The van der Waals surface area contributed by atoms with E-state index in [-0.39, 0.29) is 5.69 Å². The molecule has 1 aliphatic rings. The van der Waals surface area contributed by atoms with Gasteiger partial charge in [0.1, 0.15) is 6.10 Å². The van der Waals surface area contributed by atoms with Crippen molar-refractivity contribution in [3.8, 4) is 0 Å². The number of nitro groups is 1. The molecule has 0 bridgehead atoms. The van der Waals surface area contributed by atoms with E-state index in [4.69, 9.17) is 9.84 Å². The molecular weight excluding hydrogens is 202 g/mol. The molecule has 1 N–H and O–H groups in total. The zero-order valence-corrected chi connectivity index (χ0v) is 7.49. The lowest BCUT2D eigenvalue weighted by atomic mass is 10.1. The van der Waals surface area contributed by atoms with Crippen molar-refractivity contribution in [2.24, 2.45) is 0 Å². The monoisotopic (exact) mass is 209 g/mol. The molecule has 1 heterocycles. The Morgan fingerprint density at radius 1 is 1.53 bits per heavy atom. The summed E-state index contributed by atoms with van der Waals surface area (Å²) in [6.07, 6.45) is -1.42. The molecule has 2 unspecified atom stereocenters. The van der Waals surface area contributed by atoms with Gasteiger partial charge in [-0.05, 0) is 5.56 Å². The predicted octanol–water partition coefficient (Wildman–Crippen LogP) is 1.12. The smallest absolute Gasteiger partial charge is 0.335 e. The summed E-state index contributed by atoms with van der Waals surface area (Å²) in [4.78, 5) is 20.4. The van der Waals surface area contributed by atoms with E-state index in [1.165, 1.54) is 18.2 Å². The molecule has 0 saturated carbocycles. The van der Waals surface area contributed by atoms with E-state index < -0.39 is 23.1 Å². The molecule has 0 spiro atoms. The van der Waals surface area contributed by atoms with Crippen molar-refractivity contribution in [2.45, 2.75) is 12.2 Å². The summed E-state index contributed by atoms with van der Waals surface area (Å²) in [5.74, 6) is -1.05. The van der Waals surface area contributed by atoms with Gasteiger partial charge in [-0.25, -0.2) is 4.79 Å². The van der Waals surface area contributed by atoms with Crippen molar-refractivity contribution in [3.05, 3.63) is 39.9 Å². The van der Waals surface area contributed by atoms with Crippen LogP contribution in [0.2, 0.25) is 0 Å². The fourth-order valence-electron chi connectivity index (χ4n) is 1.37. The number of ether oxygens (including phenoxy) is 1. The van der Waals surface area contributed by atoms with E-state index in [1.807, 2.05) is 0 Å². The predicted molar refractivity (Wildman–Crippen MR) is 48.3 cm³/mol. The highest BCUT2D eigenvalue weighted by atomic mass is 16.6. The molecule has 0 aliphatic carbocycles. The lowest BCUT2D eigenvalue weighted by molar-refractivity contribution is -0.384. The number of carboxylic acids is 1. The Labute approximate surface area is 84.2 Å². The summed E-state index contributed by atoms with van der Waals surface area (Å²) in [6.45, 7) is 0. The molecule has 2 rings (SSSR count). The minimum atomic E-state index is -1.05. The Bertz CT molecular complexity index is 430. The topological polar surface area (TPSA) is 93.0 Å². The first-order valence-electron chi connectivity index (χ1n) is 4.22. The van der Waals surface area contributed by atoms with Crippen LogP contribution in [-0.2, 0) is 9.53 Å². The zero-order valence-electron chi connectivity index (χ0n) is 7.49. The van der Waals surface area contributed by atoms with Gasteiger partial charge in [-0.3, -0.25) is 10.1 Å². The summed E-state index contributed by atoms with van der Waals surface area (Å²) in [5, 5.41) is 19.1. The number of nitro benzene ring substituents is 1. The van der Waals surface area contributed by atoms with Crippen molar-refractivity contribution in [1.82, 2.24) is 0 Å². The highest BCUT2D eigenvalue weighted by Gasteiger charge is 2.46. The number of hydrogen-bond acceptors (Lipinski definition) is 4. The van der Waals surface area contributed by atoms with E-state index in [9.17, 15) is 14.9 Å². The van der Waals surface area contributed by atoms with Crippen LogP contribution in [0.15, 0.2) is 24.3 Å². The van der Waals surface area contributed by atoms with Crippen molar-refractivity contribution < 1.29 is 19.6 Å². The summed E-state index contributed by atoms with van der Waals surface area (Å²) in [6, 6.07) is 5.80. The van der Waals surface area contributed by atoms with Crippen LogP contribution in [0.25, 0.3) is 0 Å². The number of rotatable bonds is 3. The summed E-state index contributed by atoms with van der Waals surface area (Å²) >= 11 is 0. The van der Waals surface area contributed by atoms with Crippen LogP contribution in [0.5, 0.6) is 0 Å². The van der Waals surface area contributed by atoms with Crippen LogP contribution in [0.3, 0.4) is 0 Å². The fraction of sp³-hybridized carbons (Fsp3) is 0.222. The minimum absolute atomic E-state index is 0.0628. The molecule has 0 amide bonds. The van der Waals surface area contributed by atoms with Gasteiger partial charge in [-0.2, -0.15) is 0 Å². The first-order chi connectivity index (χ1) is 7.09. The van der Waals surface area contributed by atoms with Gasteiger partial charge in [0.2, 0.25) is 0 Å². The molecule has 6 nitrogen and oxygen atoms in total. The fourth-order valence-corrected chi connectivity index (χ4v) is 1.37. The molecule has 15 heavy (non-hydrogen) atoms. The Morgan fingerprint density at radius 2 is 2.27 bits per heavy atom. The number of aliphatic carboxylic acids is 1. The van der Waals surface area contributed by atoms with Crippen molar-refractivity contribution >= 4 is 11.7 Å². The Balaban J connectivity index is 2.20. The summed E-state index contributed by atoms with van der Waals surface area (Å²) < 4.78 is 4.88. The SMILES string of the molecule is O=C(O)C1OC1c1cccc([N+](=O)[O-])c1. The third-order valence-electron chi connectivity index (χ3n) is 2.14. The molecule has 1 aromatic rings. The Kier molecular flexibility index (Phi) is 2.12. The van der Waals surface area contributed by atoms with Gasteiger partial charge in [-0.1, -0.05) is 12.1 Å². The van der Waals surface area contributed by atoms with Crippen LogP contribution in [0.4, 0.5) is 5.69 Å². The van der Waals surface area contributed by atoms with Gasteiger partial charge in [0, 0.05) is 12.1 Å². The molecule has 0 radical (unpaired) electrons. The lowest BCUT2D eigenvalue weighted by Gasteiger charge is -1.95. The summed E-state index contributed by atoms with van der Waals surface area (Å²) in [5.41, 5.74) is 0.462. The van der Waals surface area contributed by atoms with Gasteiger partial charge in [0.15, 0.2) is 6.10 Å². The Morgan fingerprint density at radius 3 is 2.80 bits per heavy atom. The maximum atomic E-state index is 10.5. The summed E-state index contributed by atoms with van der Waals surface area (Å²) in [7, 11) is 0. The molecule has 1 aromatic carbocycles. The van der Waals surface area contributed by atoms with Gasteiger partial charge < -0.3 is 9.84 Å². The minimum Gasteiger partial charge on any atom is -0.479 e. The second-order valence-corrected chi connectivity index (χ2v) is 3.17. The average Bonchev–Trinajstić information content (AvgIpc) is 2.97. The van der Waals surface area contributed by atoms with E-state index in [0.717, 1.165) is 0 Å². The number of carboxylic acid groups (broad SMARTS) is 1. The van der Waals surface area contributed by atoms with Gasteiger partial charge in [0.05, 0.1) is 4.92 Å². The largest absolute Gasteiger partial charge is 0.479 e. The van der Waals surface area contributed by atoms with Crippen LogP contribution < -0.4 is 0 Å². The average molecular weight is 209 g/mol.